The Bertz CT molecular complexity index is 238. The van der Waals surface area contributed by atoms with Crippen molar-refractivity contribution >= 4 is 11.8 Å². The van der Waals surface area contributed by atoms with Crippen LogP contribution >= 0.6 is 11.8 Å². The van der Waals surface area contributed by atoms with E-state index in [4.69, 9.17) is 0 Å². The maximum absolute atomic E-state index is 4.12. The lowest BCUT2D eigenvalue weighted by Gasteiger charge is -2.15. The van der Waals surface area contributed by atoms with E-state index in [1.165, 1.54) is 17.7 Å². The first kappa shape index (κ1) is 11.5. The molecule has 1 atom stereocenters. The van der Waals surface area contributed by atoms with E-state index in [1.54, 1.807) is 0 Å². The normalized spacial score (nSPS) is 12.7. The van der Waals surface area contributed by atoms with Gasteiger partial charge in [0.1, 0.15) is 0 Å². The standard InChI is InChI=1S/C11H18N2S/c1-12-11(5-7-14-2)8-10-4-3-6-13-9-10/h3-4,6,9,11-12H,5,7-8H2,1-2H3. The zero-order chi connectivity index (χ0) is 10.2. The molecule has 1 aromatic heterocycles. The number of rotatable bonds is 6. The number of nitrogens with one attached hydrogen (secondary N) is 1. The summed E-state index contributed by atoms with van der Waals surface area (Å²) in [4.78, 5) is 4.12. The van der Waals surface area contributed by atoms with Crippen LogP contribution in [0.4, 0.5) is 0 Å². The summed E-state index contributed by atoms with van der Waals surface area (Å²) in [6, 6.07) is 4.71. The van der Waals surface area contributed by atoms with Gasteiger partial charge < -0.3 is 5.32 Å². The number of hydrogen-bond donors (Lipinski definition) is 1. The van der Waals surface area contributed by atoms with Gasteiger partial charge in [-0.15, -0.1) is 0 Å². The molecule has 1 aromatic rings. The summed E-state index contributed by atoms with van der Waals surface area (Å²) in [6.45, 7) is 0. The first-order chi connectivity index (χ1) is 6.86. The van der Waals surface area contributed by atoms with Crippen LogP contribution in [0.1, 0.15) is 12.0 Å². The molecule has 0 bridgehead atoms. The highest BCUT2D eigenvalue weighted by molar-refractivity contribution is 7.98. The van der Waals surface area contributed by atoms with Crippen molar-refractivity contribution in [3.05, 3.63) is 30.1 Å². The Balaban J connectivity index is 2.40. The van der Waals surface area contributed by atoms with Gasteiger partial charge in [0, 0.05) is 18.4 Å². The molecule has 0 aliphatic carbocycles. The van der Waals surface area contributed by atoms with Crippen molar-refractivity contribution in [3.63, 3.8) is 0 Å². The molecule has 2 nitrogen and oxygen atoms in total. The molecule has 1 N–H and O–H groups in total. The van der Waals surface area contributed by atoms with Crippen LogP contribution in [-0.2, 0) is 6.42 Å². The molecule has 78 valence electrons. The molecule has 0 aliphatic rings. The zero-order valence-corrected chi connectivity index (χ0v) is 9.68. The molecule has 14 heavy (non-hydrogen) atoms. The molecule has 0 saturated carbocycles. The summed E-state index contributed by atoms with van der Waals surface area (Å²) in [5.41, 5.74) is 1.31. The minimum Gasteiger partial charge on any atom is -0.317 e. The second-order valence-corrected chi connectivity index (χ2v) is 4.32. The highest BCUT2D eigenvalue weighted by Gasteiger charge is 2.06. The molecule has 0 fully saturated rings. The molecule has 0 aliphatic heterocycles. The molecule has 0 amide bonds. The predicted molar refractivity (Wildman–Crippen MR) is 63.8 cm³/mol. The fourth-order valence-electron chi connectivity index (χ4n) is 1.41. The smallest absolute Gasteiger partial charge is 0.0300 e. The minimum absolute atomic E-state index is 0.576. The van der Waals surface area contributed by atoms with Crippen molar-refractivity contribution < 1.29 is 0 Å². The van der Waals surface area contributed by atoms with Crippen molar-refractivity contribution in [2.45, 2.75) is 18.9 Å². The summed E-state index contributed by atoms with van der Waals surface area (Å²) >= 11 is 1.90. The summed E-state index contributed by atoms with van der Waals surface area (Å²) in [5, 5.41) is 3.34. The van der Waals surface area contributed by atoms with Crippen molar-refractivity contribution in [3.8, 4) is 0 Å². The van der Waals surface area contributed by atoms with E-state index in [9.17, 15) is 0 Å². The van der Waals surface area contributed by atoms with Crippen LogP contribution in [0, 0.1) is 0 Å². The lowest BCUT2D eigenvalue weighted by Crippen LogP contribution is -2.28. The second kappa shape index (κ2) is 6.85. The maximum Gasteiger partial charge on any atom is 0.0300 e. The van der Waals surface area contributed by atoms with E-state index in [0.29, 0.717) is 6.04 Å². The lowest BCUT2D eigenvalue weighted by molar-refractivity contribution is 0.546. The number of pyridine rings is 1. The van der Waals surface area contributed by atoms with Gasteiger partial charge in [0.25, 0.3) is 0 Å². The Hall–Kier alpha value is -0.540. The van der Waals surface area contributed by atoms with Crippen LogP contribution in [0.5, 0.6) is 0 Å². The van der Waals surface area contributed by atoms with Crippen molar-refractivity contribution in [1.82, 2.24) is 10.3 Å². The van der Waals surface area contributed by atoms with Crippen molar-refractivity contribution in [1.29, 1.82) is 0 Å². The van der Waals surface area contributed by atoms with Crippen molar-refractivity contribution in [2.75, 3.05) is 19.1 Å². The highest BCUT2D eigenvalue weighted by atomic mass is 32.2. The average Bonchev–Trinajstić information content (AvgIpc) is 2.25. The van der Waals surface area contributed by atoms with Gasteiger partial charge in [-0.2, -0.15) is 11.8 Å². The number of thioether (sulfide) groups is 1. The Morgan fingerprint density at radius 3 is 3.00 bits per heavy atom. The minimum atomic E-state index is 0.576. The fraction of sp³-hybridized carbons (Fsp3) is 0.545. The first-order valence-corrected chi connectivity index (χ1v) is 6.31. The third-order valence-corrected chi connectivity index (χ3v) is 2.93. The molecule has 0 saturated heterocycles. The summed E-state index contributed by atoms with van der Waals surface area (Å²) < 4.78 is 0. The molecule has 0 aromatic carbocycles. The van der Waals surface area contributed by atoms with Crippen LogP contribution in [0.2, 0.25) is 0 Å². The van der Waals surface area contributed by atoms with Crippen LogP contribution in [0.25, 0.3) is 0 Å². The second-order valence-electron chi connectivity index (χ2n) is 3.33. The SMILES string of the molecule is CNC(CCSC)Cc1cccnc1. The summed E-state index contributed by atoms with van der Waals surface area (Å²) in [7, 11) is 2.03. The largest absolute Gasteiger partial charge is 0.317 e. The van der Waals surface area contributed by atoms with Crippen LogP contribution < -0.4 is 5.32 Å². The molecular formula is C11H18N2S. The zero-order valence-electron chi connectivity index (χ0n) is 8.86. The van der Waals surface area contributed by atoms with E-state index in [-0.39, 0.29) is 0 Å². The predicted octanol–water partition coefficient (Wildman–Crippen LogP) is 1.97. The number of hydrogen-bond acceptors (Lipinski definition) is 3. The van der Waals surface area contributed by atoms with E-state index in [1.807, 2.05) is 37.3 Å². The average molecular weight is 210 g/mol. The fourth-order valence-corrected chi connectivity index (χ4v) is 1.93. The third kappa shape index (κ3) is 4.11. The monoisotopic (exact) mass is 210 g/mol. The molecule has 1 heterocycles. The Labute approximate surface area is 90.5 Å². The lowest BCUT2D eigenvalue weighted by atomic mass is 10.1. The molecule has 0 spiro atoms. The first-order valence-electron chi connectivity index (χ1n) is 4.92. The highest BCUT2D eigenvalue weighted by Crippen LogP contribution is 2.06. The van der Waals surface area contributed by atoms with Gasteiger partial charge in [0.2, 0.25) is 0 Å². The summed E-state index contributed by atoms with van der Waals surface area (Å²) in [5.74, 6) is 1.21. The molecular weight excluding hydrogens is 192 g/mol. The molecule has 3 heteroatoms. The Morgan fingerprint density at radius 2 is 2.43 bits per heavy atom. The van der Waals surface area contributed by atoms with Gasteiger partial charge in [-0.3, -0.25) is 4.98 Å². The Kier molecular flexibility index (Phi) is 5.64. The van der Waals surface area contributed by atoms with Crippen LogP contribution in [0.15, 0.2) is 24.5 Å². The van der Waals surface area contributed by atoms with Gasteiger partial charge in [-0.05, 0) is 43.5 Å². The van der Waals surface area contributed by atoms with E-state index >= 15 is 0 Å². The molecule has 0 radical (unpaired) electrons. The van der Waals surface area contributed by atoms with Crippen molar-refractivity contribution in [2.24, 2.45) is 0 Å². The number of nitrogens with zero attached hydrogens (tertiary/aromatic N) is 1. The van der Waals surface area contributed by atoms with Crippen LogP contribution in [0.3, 0.4) is 0 Å². The van der Waals surface area contributed by atoms with E-state index in [0.717, 1.165) is 6.42 Å². The topological polar surface area (TPSA) is 24.9 Å². The third-order valence-electron chi connectivity index (χ3n) is 2.28. The molecule has 1 rings (SSSR count). The number of likely N-dealkylation sites (N-methyl/N-ethyl adjacent to an activating group) is 1. The van der Waals surface area contributed by atoms with Gasteiger partial charge >= 0.3 is 0 Å². The van der Waals surface area contributed by atoms with Gasteiger partial charge in [0.05, 0.1) is 0 Å². The number of aromatic nitrogens is 1. The van der Waals surface area contributed by atoms with E-state index < -0.39 is 0 Å². The van der Waals surface area contributed by atoms with Gasteiger partial charge in [-0.25, -0.2) is 0 Å². The van der Waals surface area contributed by atoms with Crippen LogP contribution in [-0.4, -0.2) is 30.1 Å². The molecule has 1 unspecified atom stereocenters. The van der Waals surface area contributed by atoms with Gasteiger partial charge in [0.15, 0.2) is 0 Å². The Morgan fingerprint density at radius 1 is 1.57 bits per heavy atom. The maximum atomic E-state index is 4.12. The quantitative estimate of drug-likeness (QED) is 0.777. The van der Waals surface area contributed by atoms with E-state index in [2.05, 4.69) is 22.6 Å². The summed E-state index contributed by atoms with van der Waals surface area (Å²) in [6.07, 6.45) is 8.21. The van der Waals surface area contributed by atoms with Gasteiger partial charge in [-0.1, -0.05) is 6.07 Å².